The monoisotopic (exact) mass is 432 g/mol. The lowest BCUT2D eigenvalue weighted by Crippen LogP contribution is -2.30. The minimum absolute atomic E-state index is 0.0348. The highest BCUT2D eigenvalue weighted by molar-refractivity contribution is 5.86. The number of benzene rings is 3. The van der Waals surface area contributed by atoms with E-state index in [2.05, 4.69) is 34.6 Å². The molecule has 164 valence electrons. The van der Waals surface area contributed by atoms with Gasteiger partial charge in [0.2, 0.25) is 0 Å². The summed E-state index contributed by atoms with van der Waals surface area (Å²) < 4.78 is 30.0. The van der Waals surface area contributed by atoms with Crippen molar-refractivity contribution < 1.29 is 18.6 Å². The molecule has 1 aliphatic rings. The van der Waals surface area contributed by atoms with Gasteiger partial charge in [0.25, 0.3) is 0 Å². The third-order valence-corrected chi connectivity index (χ3v) is 6.00. The molecule has 0 spiro atoms. The van der Waals surface area contributed by atoms with Crippen molar-refractivity contribution in [3.8, 4) is 17.2 Å². The number of hydrogen-bond donors (Lipinski definition) is 2. The zero-order valence-electron chi connectivity index (χ0n) is 18.1. The van der Waals surface area contributed by atoms with E-state index in [-0.39, 0.29) is 11.9 Å². The van der Waals surface area contributed by atoms with Gasteiger partial charge in [-0.1, -0.05) is 6.07 Å². The van der Waals surface area contributed by atoms with Gasteiger partial charge < -0.3 is 24.5 Å². The van der Waals surface area contributed by atoms with Gasteiger partial charge in [0, 0.05) is 28.7 Å². The summed E-state index contributed by atoms with van der Waals surface area (Å²) in [7, 11) is 3.34. The summed E-state index contributed by atoms with van der Waals surface area (Å²) in [6, 6.07) is 18.4. The predicted molar refractivity (Wildman–Crippen MR) is 122 cm³/mol. The lowest BCUT2D eigenvalue weighted by Gasteiger charge is -2.25. The summed E-state index contributed by atoms with van der Waals surface area (Å²) in [4.78, 5) is 3.61. The molecule has 0 amide bonds. The Bertz CT molecular complexity index is 1250. The zero-order chi connectivity index (χ0) is 22.1. The maximum absolute atomic E-state index is 13.2. The maximum atomic E-state index is 13.2. The largest absolute Gasteiger partial charge is 0.497 e. The Labute approximate surface area is 186 Å². The van der Waals surface area contributed by atoms with Gasteiger partial charge in [-0.25, -0.2) is 4.39 Å². The fraction of sp³-hybridized carbons (Fsp3) is 0.231. The van der Waals surface area contributed by atoms with Crippen molar-refractivity contribution in [2.24, 2.45) is 0 Å². The number of nitrogens with one attached hydrogen (secondary N) is 2. The number of H-pyrrole nitrogens is 1. The van der Waals surface area contributed by atoms with Crippen molar-refractivity contribution in [2.45, 2.75) is 19.1 Å². The smallest absolute Gasteiger partial charge is 0.125 e. The number of rotatable bonds is 6. The highest BCUT2D eigenvalue weighted by Gasteiger charge is 2.26. The van der Waals surface area contributed by atoms with Crippen molar-refractivity contribution in [3.63, 3.8) is 0 Å². The number of aromatic amines is 1. The van der Waals surface area contributed by atoms with Crippen molar-refractivity contribution in [1.29, 1.82) is 0 Å². The van der Waals surface area contributed by atoms with E-state index in [1.807, 2.05) is 12.1 Å². The molecule has 3 aromatic carbocycles. The van der Waals surface area contributed by atoms with Crippen molar-refractivity contribution in [3.05, 3.63) is 88.9 Å². The molecule has 2 N–H and O–H groups in total. The highest BCUT2D eigenvalue weighted by Crippen LogP contribution is 2.36. The second-order valence-electron chi connectivity index (χ2n) is 7.88. The Morgan fingerprint density at radius 1 is 0.938 bits per heavy atom. The molecule has 5 nitrogen and oxygen atoms in total. The second kappa shape index (κ2) is 8.55. The molecule has 32 heavy (non-hydrogen) atoms. The lowest BCUT2D eigenvalue weighted by atomic mass is 9.93. The summed E-state index contributed by atoms with van der Waals surface area (Å²) in [6.07, 6.45) is 0.954. The summed E-state index contributed by atoms with van der Waals surface area (Å²) >= 11 is 0. The minimum atomic E-state index is -0.285. The molecule has 0 saturated carbocycles. The minimum Gasteiger partial charge on any atom is -0.497 e. The first kappa shape index (κ1) is 20.4. The van der Waals surface area contributed by atoms with Gasteiger partial charge in [-0.3, -0.25) is 0 Å². The Morgan fingerprint density at radius 3 is 2.53 bits per heavy atom. The highest BCUT2D eigenvalue weighted by atomic mass is 19.1. The van der Waals surface area contributed by atoms with E-state index in [0.717, 1.165) is 41.1 Å². The quantitative estimate of drug-likeness (QED) is 0.443. The maximum Gasteiger partial charge on any atom is 0.125 e. The lowest BCUT2D eigenvalue weighted by molar-refractivity contribution is 0.296. The second-order valence-corrected chi connectivity index (χ2v) is 7.88. The van der Waals surface area contributed by atoms with Crippen LogP contribution in [0.2, 0.25) is 0 Å². The molecule has 1 aromatic heterocycles. The van der Waals surface area contributed by atoms with Crippen molar-refractivity contribution in [2.75, 3.05) is 20.8 Å². The van der Waals surface area contributed by atoms with Crippen molar-refractivity contribution >= 4 is 10.9 Å². The molecule has 0 aliphatic carbocycles. The summed E-state index contributed by atoms with van der Waals surface area (Å²) in [5, 5.41) is 4.85. The number of methoxy groups -OCH3 is 2. The van der Waals surface area contributed by atoms with Gasteiger partial charge in [0.1, 0.15) is 29.7 Å². The zero-order valence-corrected chi connectivity index (χ0v) is 18.1. The Morgan fingerprint density at radius 2 is 1.75 bits per heavy atom. The first-order valence-electron chi connectivity index (χ1n) is 10.6. The molecule has 1 atom stereocenters. The van der Waals surface area contributed by atoms with Crippen LogP contribution in [0.3, 0.4) is 0 Å². The first-order chi connectivity index (χ1) is 15.7. The number of ether oxygens (including phenoxy) is 3. The number of halogens is 1. The van der Waals surface area contributed by atoms with Gasteiger partial charge in [0.15, 0.2) is 0 Å². The van der Waals surface area contributed by atoms with E-state index in [0.29, 0.717) is 12.4 Å². The molecule has 6 heteroatoms. The normalized spacial score (nSPS) is 15.4. The molecule has 5 rings (SSSR count). The third-order valence-electron chi connectivity index (χ3n) is 6.00. The van der Waals surface area contributed by atoms with E-state index < -0.39 is 0 Å². The van der Waals surface area contributed by atoms with Crippen LogP contribution in [0.5, 0.6) is 17.2 Å². The summed E-state index contributed by atoms with van der Waals surface area (Å²) in [5.74, 6) is 1.95. The van der Waals surface area contributed by atoms with Crippen LogP contribution in [-0.4, -0.2) is 25.7 Å². The third kappa shape index (κ3) is 3.78. The topological polar surface area (TPSA) is 55.5 Å². The van der Waals surface area contributed by atoms with Gasteiger partial charge in [-0.15, -0.1) is 0 Å². The molecule has 0 radical (unpaired) electrons. The molecular weight excluding hydrogens is 407 g/mol. The van der Waals surface area contributed by atoms with Crippen LogP contribution in [0, 0.1) is 5.82 Å². The van der Waals surface area contributed by atoms with Crippen LogP contribution in [-0.2, 0) is 13.0 Å². The average Bonchev–Trinajstić information content (AvgIpc) is 3.21. The van der Waals surface area contributed by atoms with E-state index >= 15 is 0 Å². The fourth-order valence-corrected chi connectivity index (χ4v) is 4.40. The van der Waals surface area contributed by atoms with Crippen LogP contribution >= 0.6 is 0 Å². The SMILES string of the molecule is COc1ccc2[nH]c3c(c2c1)CCN[C@H]3c1ccc(OC)c(COc2ccc(F)cc2)c1. The van der Waals surface area contributed by atoms with Gasteiger partial charge in [0.05, 0.1) is 20.3 Å². The Balaban J connectivity index is 1.47. The fourth-order valence-electron chi connectivity index (χ4n) is 4.40. The van der Waals surface area contributed by atoms with E-state index in [9.17, 15) is 4.39 Å². The van der Waals surface area contributed by atoms with Crippen LogP contribution < -0.4 is 19.5 Å². The molecule has 0 saturated heterocycles. The Kier molecular flexibility index (Phi) is 5.45. The summed E-state index contributed by atoms with van der Waals surface area (Å²) in [5.41, 5.74) is 5.67. The standard InChI is InChI=1S/C26H25FN2O3/c1-30-20-8-9-23-22(14-20)21-11-12-28-25(26(21)29-23)16-3-10-24(31-2)17(13-16)15-32-19-6-4-18(27)5-7-19/h3-10,13-14,25,28-29H,11-12,15H2,1-2H3/t25-/m0/s1. The first-order valence-corrected chi connectivity index (χ1v) is 10.6. The van der Waals surface area contributed by atoms with Crippen LogP contribution in [0.1, 0.15) is 28.4 Å². The van der Waals surface area contributed by atoms with Gasteiger partial charge >= 0.3 is 0 Å². The van der Waals surface area contributed by atoms with E-state index in [1.54, 1.807) is 26.4 Å². The molecule has 0 unspecified atom stereocenters. The van der Waals surface area contributed by atoms with Crippen LogP contribution in [0.4, 0.5) is 4.39 Å². The molecule has 2 heterocycles. The molecule has 0 fully saturated rings. The molecule has 1 aliphatic heterocycles. The number of fused-ring (bicyclic) bond motifs is 3. The van der Waals surface area contributed by atoms with E-state index in [1.165, 1.54) is 28.8 Å². The van der Waals surface area contributed by atoms with E-state index in [4.69, 9.17) is 14.2 Å². The molecule has 0 bridgehead atoms. The number of aromatic nitrogens is 1. The Hall–Kier alpha value is -3.51. The number of hydrogen-bond acceptors (Lipinski definition) is 4. The predicted octanol–water partition coefficient (Wildman–Crippen LogP) is 5.14. The van der Waals surface area contributed by atoms with Gasteiger partial charge in [-0.2, -0.15) is 0 Å². The van der Waals surface area contributed by atoms with Crippen LogP contribution in [0.15, 0.2) is 60.7 Å². The summed E-state index contributed by atoms with van der Waals surface area (Å²) in [6.45, 7) is 1.21. The molecular formula is C26H25FN2O3. The van der Waals surface area contributed by atoms with Gasteiger partial charge in [-0.05, 0) is 72.1 Å². The van der Waals surface area contributed by atoms with Crippen molar-refractivity contribution in [1.82, 2.24) is 10.3 Å². The average molecular weight is 432 g/mol. The molecule has 4 aromatic rings. The van der Waals surface area contributed by atoms with Crippen LogP contribution in [0.25, 0.3) is 10.9 Å².